The van der Waals surface area contributed by atoms with Gasteiger partial charge in [-0.1, -0.05) is 31.2 Å². The van der Waals surface area contributed by atoms with E-state index in [2.05, 4.69) is 31.2 Å². The lowest BCUT2D eigenvalue weighted by atomic mass is 10.2. The van der Waals surface area contributed by atoms with Crippen molar-refractivity contribution in [3.8, 4) is 0 Å². The van der Waals surface area contributed by atoms with Crippen molar-refractivity contribution < 1.29 is 5.11 Å². The smallest absolute Gasteiger partial charge is 0.104 e. The molecule has 0 saturated carbocycles. The first-order valence-corrected chi connectivity index (χ1v) is 5.40. The van der Waals surface area contributed by atoms with Crippen molar-refractivity contribution in [1.29, 1.82) is 0 Å². The molecule has 0 amide bonds. The van der Waals surface area contributed by atoms with Crippen molar-refractivity contribution in [2.75, 3.05) is 13.1 Å². The van der Waals surface area contributed by atoms with Crippen LogP contribution in [0, 0.1) is 0 Å². The summed E-state index contributed by atoms with van der Waals surface area (Å²) in [5.74, 6) is 0. The Morgan fingerprint density at radius 3 is 2.36 bits per heavy atom. The number of rotatable bonds is 7. The molecule has 0 spiro atoms. The molecular formula is C12H23NO. The van der Waals surface area contributed by atoms with Crippen LogP contribution in [-0.2, 0) is 0 Å². The molecule has 2 heteroatoms. The number of aliphatic hydroxyl groups is 1. The Morgan fingerprint density at radius 1 is 1.21 bits per heavy atom. The Bertz CT molecular complexity index is 173. The molecule has 0 fully saturated rings. The summed E-state index contributed by atoms with van der Waals surface area (Å²) < 4.78 is 0. The number of hydrogen-bond donors (Lipinski definition) is 1. The van der Waals surface area contributed by atoms with Gasteiger partial charge in [-0.25, -0.2) is 0 Å². The van der Waals surface area contributed by atoms with Crippen LogP contribution in [-0.4, -0.2) is 29.3 Å². The second kappa shape index (κ2) is 8.97. The monoisotopic (exact) mass is 197 g/mol. The first-order chi connectivity index (χ1) is 6.72. The number of nitrogens with zero attached hydrogens (tertiary/aromatic N) is 1. The summed E-state index contributed by atoms with van der Waals surface area (Å²) in [7, 11) is 0. The Kier molecular flexibility index (Phi) is 8.59. The Balaban J connectivity index is 3.58. The lowest BCUT2D eigenvalue weighted by molar-refractivity contribution is 0.0311. The molecule has 0 aliphatic rings. The standard InChI is InChI=1S/C12H23NO/c1-4-6-7-8-9-10-11-13(5-2)12(3)14/h4,6,9-10,12,14H,5,7-8,11H2,1-3H3. The van der Waals surface area contributed by atoms with Gasteiger partial charge in [0.25, 0.3) is 0 Å². The van der Waals surface area contributed by atoms with E-state index in [1.165, 1.54) is 0 Å². The van der Waals surface area contributed by atoms with Gasteiger partial charge in [0.05, 0.1) is 0 Å². The van der Waals surface area contributed by atoms with Crippen LogP contribution in [0.2, 0.25) is 0 Å². The summed E-state index contributed by atoms with van der Waals surface area (Å²) in [5, 5.41) is 9.33. The Labute approximate surface area is 87.9 Å². The number of hydrogen-bond acceptors (Lipinski definition) is 2. The zero-order valence-electron chi connectivity index (χ0n) is 9.61. The van der Waals surface area contributed by atoms with Crippen molar-refractivity contribution >= 4 is 0 Å². The highest BCUT2D eigenvalue weighted by Gasteiger charge is 2.04. The molecule has 0 heterocycles. The van der Waals surface area contributed by atoms with Gasteiger partial charge in [0, 0.05) is 6.54 Å². The zero-order chi connectivity index (χ0) is 10.8. The summed E-state index contributed by atoms with van der Waals surface area (Å²) in [6.07, 6.45) is 10.4. The van der Waals surface area contributed by atoms with Gasteiger partial charge in [0.1, 0.15) is 6.23 Å². The van der Waals surface area contributed by atoms with Crippen molar-refractivity contribution in [1.82, 2.24) is 4.90 Å². The summed E-state index contributed by atoms with van der Waals surface area (Å²) in [4.78, 5) is 2.01. The van der Waals surface area contributed by atoms with Crippen molar-refractivity contribution in [2.24, 2.45) is 0 Å². The zero-order valence-corrected chi connectivity index (χ0v) is 9.61. The summed E-state index contributed by atoms with van der Waals surface area (Å²) in [6, 6.07) is 0. The van der Waals surface area contributed by atoms with E-state index in [9.17, 15) is 5.11 Å². The van der Waals surface area contributed by atoms with Gasteiger partial charge in [-0.3, -0.25) is 4.90 Å². The summed E-state index contributed by atoms with van der Waals surface area (Å²) >= 11 is 0. The van der Waals surface area contributed by atoms with E-state index in [0.29, 0.717) is 0 Å². The van der Waals surface area contributed by atoms with Gasteiger partial charge in [-0.05, 0) is 33.2 Å². The highest BCUT2D eigenvalue weighted by atomic mass is 16.3. The molecule has 0 aromatic heterocycles. The Morgan fingerprint density at radius 2 is 1.86 bits per heavy atom. The molecule has 1 atom stereocenters. The fourth-order valence-electron chi connectivity index (χ4n) is 1.23. The third kappa shape index (κ3) is 6.87. The molecule has 0 rings (SSSR count). The summed E-state index contributed by atoms with van der Waals surface area (Å²) in [5.41, 5.74) is 0. The molecule has 0 radical (unpaired) electrons. The molecule has 14 heavy (non-hydrogen) atoms. The average molecular weight is 197 g/mol. The number of aliphatic hydroxyl groups excluding tert-OH is 1. The molecule has 0 bridgehead atoms. The highest BCUT2D eigenvalue weighted by molar-refractivity contribution is 4.88. The van der Waals surface area contributed by atoms with Crippen LogP contribution in [0.4, 0.5) is 0 Å². The molecule has 1 N–H and O–H groups in total. The molecule has 0 aromatic carbocycles. The maximum atomic E-state index is 9.33. The number of allylic oxidation sites excluding steroid dienone is 3. The minimum absolute atomic E-state index is 0.347. The predicted octanol–water partition coefficient (Wildman–Crippen LogP) is 2.56. The number of unbranched alkanes of at least 4 members (excludes halogenated alkanes) is 1. The Hall–Kier alpha value is -0.600. The molecule has 1 unspecified atom stereocenters. The van der Waals surface area contributed by atoms with Crippen LogP contribution < -0.4 is 0 Å². The van der Waals surface area contributed by atoms with E-state index in [4.69, 9.17) is 0 Å². The summed E-state index contributed by atoms with van der Waals surface area (Å²) in [6.45, 7) is 7.62. The van der Waals surface area contributed by atoms with E-state index in [1.54, 1.807) is 6.92 Å². The maximum Gasteiger partial charge on any atom is 0.104 e. The van der Waals surface area contributed by atoms with Gasteiger partial charge in [0.2, 0.25) is 0 Å². The fraction of sp³-hybridized carbons (Fsp3) is 0.667. The van der Waals surface area contributed by atoms with Crippen LogP contribution in [0.15, 0.2) is 24.3 Å². The van der Waals surface area contributed by atoms with E-state index in [1.807, 2.05) is 11.8 Å². The maximum absolute atomic E-state index is 9.33. The SMILES string of the molecule is CC=CCCC=CCN(CC)C(C)O. The van der Waals surface area contributed by atoms with Crippen LogP contribution in [0.5, 0.6) is 0 Å². The van der Waals surface area contributed by atoms with Gasteiger partial charge < -0.3 is 5.11 Å². The van der Waals surface area contributed by atoms with E-state index < -0.39 is 0 Å². The highest BCUT2D eigenvalue weighted by Crippen LogP contribution is 1.97. The molecule has 82 valence electrons. The normalized spacial score (nSPS) is 14.6. The first-order valence-electron chi connectivity index (χ1n) is 5.40. The van der Waals surface area contributed by atoms with Crippen LogP contribution >= 0.6 is 0 Å². The minimum Gasteiger partial charge on any atom is -0.379 e. The minimum atomic E-state index is -0.347. The average Bonchev–Trinajstić information content (AvgIpc) is 2.16. The lowest BCUT2D eigenvalue weighted by Crippen LogP contribution is -2.32. The number of likely N-dealkylation sites (N-methyl/N-ethyl adjacent to an activating group) is 1. The second-order valence-corrected chi connectivity index (χ2v) is 3.34. The third-order valence-electron chi connectivity index (χ3n) is 2.18. The van der Waals surface area contributed by atoms with Crippen molar-refractivity contribution in [3.63, 3.8) is 0 Å². The molecule has 0 saturated heterocycles. The quantitative estimate of drug-likeness (QED) is 0.385. The predicted molar refractivity (Wildman–Crippen MR) is 62.1 cm³/mol. The molecule has 2 nitrogen and oxygen atoms in total. The topological polar surface area (TPSA) is 23.5 Å². The first kappa shape index (κ1) is 13.4. The van der Waals surface area contributed by atoms with Gasteiger partial charge >= 0.3 is 0 Å². The van der Waals surface area contributed by atoms with Gasteiger partial charge in [-0.2, -0.15) is 0 Å². The van der Waals surface area contributed by atoms with Gasteiger partial charge in [-0.15, -0.1) is 0 Å². The van der Waals surface area contributed by atoms with E-state index in [0.717, 1.165) is 25.9 Å². The molecule has 0 aliphatic carbocycles. The van der Waals surface area contributed by atoms with Crippen molar-refractivity contribution in [3.05, 3.63) is 24.3 Å². The fourth-order valence-corrected chi connectivity index (χ4v) is 1.23. The lowest BCUT2D eigenvalue weighted by Gasteiger charge is -2.21. The van der Waals surface area contributed by atoms with E-state index in [-0.39, 0.29) is 6.23 Å². The van der Waals surface area contributed by atoms with Crippen LogP contribution in [0.25, 0.3) is 0 Å². The second-order valence-electron chi connectivity index (χ2n) is 3.34. The van der Waals surface area contributed by atoms with Crippen molar-refractivity contribution in [2.45, 2.75) is 39.8 Å². The van der Waals surface area contributed by atoms with Gasteiger partial charge in [0.15, 0.2) is 0 Å². The third-order valence-corrected chi connectivity index (χ3v) is 2.18. The van der Waals surface area contributed by atoms with Crippen LogP contribution in [0.1, 0.15) is 33.6 Å². The van der Waals surface area contributed by atoms with E-state index >= 15 is 0 Å². The van der Waals surface area contributed by atoms with Crippen LogP contribution in [0.3, 0.4) is 0 Å². The largest absolute Gasteiger partial charge is 0.379 e. The molecule has 0 aliphatic heterocycles. The molecule has 0 aromatic rings. The molecular weight excluding hydrogens is 174 g/mol.